The molecule has 6 nitrogen and oxygen atoms in total. The summed E-state index contributed by atoms with van der Waals surface area (Å²) < 4.78 is 5.25. The highest BCUT2D eigenvalue weighted by atomic mass is 16.5. The normalized spacial score (nSPS) is 37.4. The number of carbonyl (C=O) groups is 3. The van der Waals surface area contributed by atoms with E-state index in [1.807, 2.05) is 0 Å². The van der Waals surface area contributed by atoms with E-state index in [4.69, 9.17) is 4.74 Å². The van der Waals surface area contributed by atoms with Crippen LogP contribution in [0.3, 0.4) is 0 Å². The molecule has 106 valence electrons. The molecule has 0 spiro atoms. The van der Waals surface area contributed by atoms with Crippen LogP contribution in [0.25, 0.3) is 0 Å². The van der Waals surface area contributed by atoms with E-state index < -0.39 is 35.8 Å². The summed E-state index contributed by atoms with van der Waals surface area (Å²) >= 11 is 0. The molecule has 0 aromatic heterocycles. The minimum atomic E-state index is -0.992. The van der Waals surface area contributed by atoms with Gasteiger partial charge in [-0.15, -0.1) is 0 Å². The average Bonchev–Trinajstić information content (AvgIpc) is 2.27. The van der Waals surface area contributed by atoms with Crippen LogP contribution in [-0.2, 0) is 19.1 Å². The molecule has 2 saturated carbocycles. The summed E-state index contributed by atoms with van der Waals surface area (Å²) in [7, 11) is 0. The summed E-state index contributed by atoms with van der Waals surface area (Å²) in [6.07, 6.45) is 1.72. The number of rotatable bonds is 3. The first-order chi connectivity index (χ1) is 8.91. The molecular weight excluding hydrogens is 252 g/mol. The van der Waals surface area contributed by atoms with E-state index >= 15 is 0 Å². The first-order valence-electron chi connectivity index (χ1n) is 6.54. The van der Waals surface area contributed by atoms with Crippen LogP contribution in [0.4, 0.5) is 0 Å². The standard InChI is InChI=1S/C13H18O6/c1-6(14)19-11-7-3-2-4-8(11)10(13(17)18)5-9(7)12(15)16/h7-11H,2-5H2,1H3,(H,15,16)(H,17,18)/t7-,8+,9+,10-,11?. The number of ether oxygens (including phenoxy) is 1. The lowest BCUT2D eigenvalue weighted by atomic mass is 9.60. The number of hydrogen-bond donors (Lipinski definition) is 2. The summed E-state index contributed by atoms with van der Waals surface area (Å²) in [4.78, 5) is 33.8. The van der Waals surface area contributed by atoms with Crippen molar-refractivity contribution in [2.24, 2.45) is 23.7 Å². The average molecular weight is 270 g/mol. The number of hydrogen-bond acceptors (Lipinski definition) is 4. The lowest BCUT2D eigenvalue weighted by Gasteiger charge is -2.47. The third kappa shape index (κ3) is 2.57. The van der Waals surface area contributed by atoms with Crippen molar-refractivity contribution in [3.63, 3.8) is 0 Å². The third-order valence-electron chi connectivity index (χ3n) is 4.40. The Bertz CT molecular complexity index is 376. The Hall–Kier alpha value is -1.59. The molecular formula is C13H18O6. The molecule has 19 heavy (non-hydrogen) atoms. The number of aliphatic carboxylic acids is 2. The lowest BCUT2D eigenvalue weighted by Crippen LogP contribution is -2.52. The molecule has 2 rings (SSSR count). The first kappa shape index (κ1) is 13.8. The highest BCUT2D eigenvalue weighted by molar-refractivity contribution is 5.75. The molecule has 0 aromatic rings. The van der Waals surface area contributed by atoms with Gasteiger partial charge in [-0.1, -0.05) is 6.42 Å². The van der Waals surface area contributed by atoms with E-state index in [1.165, 1.54) is 6.92 Å². The van der Waals surface area contributed by atoms with Gasteiger partial charge in [0, 0.05) is 18.8 Å². The van der Waals surface area contributed by atoms with Crippen molar-refractivity contribution in [3.8, 4) is 0 Å². The van der Waals surface area contributed by atoms with Gasteiger partial charge in [-0.3, -0.25) is 14.4 Å². The summed E-state index contributed by atoms with van der Waals surface area (Å²) in [5.41, 5.74) is 0. The van der Waals surface area contributed by atoms with Gasteiger partial charge in [0.15, 0.2) is 0 Å². The Balaban J connectivity index is 2.31. The molecule has 1 unspecified atom stereocenters. The molecule has 2 aliphatic carbocycles. The lowest BCUT2D eigenvalue weighted by molar-refractivity contribution is -0.180. The minimum absolute atomic E-state index is 0.137. The van der Waals surface area contributed by atoms with E-state index in [1.54, 1.807) is 0 Å². The fourth-order valence-electron chi connectivity index (χ4n) is 3.65. The van der Waals surface area contributed by atoms with Gasteiger partial charge in [-0.05, 0) is 19.3 Å². The van der Waals surface area contributed by atoms with E-state index in [2.05, 4.69) is 0 Å². The second-order valence-corrected chi connectivity index (χ2v) is 5.46. The van der Waals surface area contributed by atoms with Gasteiger partial charge in [-0.2, -0.15) is 0 Å². The van der Waals surface area contributed by atoms with Crippen molar-refractivity contribution in [1.82, 2.24) is 0 Å². The number of carbonyl (C=O) groups excluding carboxylic acids is 1. The van der Waals surface area contributed by atoms with Crippen LogP contribution < -0.4 is 0 Å². The zero-order valence-corrected chi connectivity index (χ0v) is 10.7. The van der Waals surface area contributed by atoms with Crippen LogP contribution >= 0.6 is 0 Å². The molecule has 0 amide bonds. The van der Waals surface area contributed by atoms with Crippen LogP contribution in [0.1, 0.15) is 32.6 Å². The Kier molecular flexibility index (Phi) is 3.78. The van der Waals surface area contributed by atoms with Crippen LogP contribution in [0.5, 0.6) is 0 Å². The third-order valence-corrected chi connectivity index (χ3v) is 4.40. The maximum absolute atomic E-state index is 11.3. The molecule has 0 radical (unpaired) electrons. The second-order valence-electron chi connectivity index (χ2n) is 5.46. The van der Waals surface area contributed by atoms with Crippen molar-refractivity contribution in [1.29, 1.82) is 0 Å². The molecule has 6 heteroatoms. The predicted octanol–water partition coefficient (Wildman–Crippen LogP) is 1.14. The van der Waals surface area contributed by atoms with Gasteiger partial charge in [0.2, 0.25) is 0 Å². The fraction of sp³-hybridized carbons (Fsp3) is 0.769. The molecule has 2 aliphatic rings. The Morgan fingerprint density at radius 2 is 1.47 bits per heavy atom. The Morgan fingerprint density at radius 3 is 1.84 bits per heavy atom. The number of fused-ring (bicyclic) bond motifs is 2. The molecule has 0 aromatic carbocycles. The smallest absolute Gasteiger partial charge is 0.306 e. The zero-order valence-electron chi connectivity index (χ0n) is 10.7. The molecule has 5 atom stereocenters. The minimum Gasteiger partial charge on any atom is -0.481 e. The van der Waals surface area contributed by atoms with Crippen molar-refractivity contribution < 1.29 is 29.3 Å². The fourth-order valence-corrected chi connectivity index (χ4v) is 3.65. The second kappa shape index (κ2) is 5.19. The summed E-state index contributed by atoms with van der Waals surface area (Å²) in [5, 5.41) is 18.5. The van der Waals surface area contributed by atoms with Gasteiger partial charge in [-0.25, -0.2) is 0 Å². The molecule has 2 bridgehead atoms. The molecule has 0 aliphatic heterocycles. The van der Waals surface area contributed by atoms with Crippen molar-refractivity contribution in [2.45, 2.75) is 38.7 Å². The topological polar surface area (TPSA) is 101 Å². The molecule has 2 N–H and O–H groups in total. The van der Waals surface area contributed by atoms with Crippen molar-refractivity contribution in [2.75, 3.05) is 0 Å². The highest BCUT2D eigenvalue weighted by Crippen LogP contribution is 2.48. The van der Waals surface area contributed by atoms with Crippen LogP contribution in [0.2, 0.25) is 0 Å². The van der Waals surface area contributed by atoms with Crippen molar-refractivity contribution in [3.05, 3.63) is 0 Å². The maximum atomic E-state index is 11.3. The Labute approximate surface area is 110 Å². The predicted molar refractivity (Wildman–Crippen MR) is 63.3 cm³/mol. The maximum Gasteiger partial charge on any atom is 0.306 e. The Morgan fingerprint density at radius 1 is 1.00 bits per heavy atom. The summed E-state index contributed by atoms with van der Waals surface area (Å²) in [5.74, 6) is -4.44. The molecule has 0 saturated heterocycles. The van der Waals surface area contributed by atoms with E-state index in [-0.39, 0.29) is 18.3 Å². The zero-order chi connectivity index (χ0) is 14.2. The van der Waals surface area contributed by atoms with Crippen molar-refractivity contribution >= 4 is 17.9 Å². The van der Waals surface area contributed by atoms with Gasteiger partial charge in [0.05, 0.1) is 11.8 Å². The molecule has 0 heterocycles. The number of carboxylic acids is 2. The van der Waals surface area contributed by atoms with Gasteiger partial charge >= 0.3 is 17.9 Å². The molecule has 2 fully saturated rings. The quantitative estimate of drug-likeness (QED) is 0.746. The SMILES string of the molecule is CC(=O)OC1[C@H]2CCC[C@@H]1[C@@H](C(=O)O)C[C@H]2C(=O)O. The first-order valence-corrected chi connectivity index (χ1v) is 6.54. The largest absolute Gasteiger partial charge is 0.481 e. The van der Waals surface area contributed by atoms with E-state index in [9.17, 15) is 24.6 Å². The van der Waals surface area contributed by atoms with Crippen LogP contribution in [-0.4, -0.2) is 34.2 Å². The summed E-state index contributed by atoms with van der Waals surface area (Å²) in [6.45, 7) is 1.27. The van der Waals surface area contributed by atoms with Crippen LogP contribution in [0.15, 0.2) is 0 Å². The van der Waals surface area contributed by atoms with Crippen LogP contribution in [0, 0.1) is 23.7 Å². The van der Waals surface area contributed by atoms with E-state index in [0.29, 0.717) is 12.8 Å². The number of carboxylic acid groups (broad SMARTS) is 2. The van der Waals surface area contributed by atoms with Gasteiger partial charge < -0.3 is 14.9 Å². The van der Waals surface area contributed by atoms with Gasteiger partial charge in [0.1, 0.15) is 6.10 Å². The van der Waals surface area contributed by atoms with E-state index in [0.717, 1.165) is 6.42 Å². The number of esters is 1. The monoisotopic (exact) mass is 270 g/mol. The van der Waals surface area contributed by atoms with Gasteiger partial charge in [0.25, 0.3) is 0 Å². The highest BCUT2D eigenvalue weighted by Gasteiger charge is 2.52. The summed E-state index contributed by atoms with van der Waals surface area (Å²) in [6, 6.07) is 0.